The molecule has 1 aromatic carbocycles. The summed E-state index contributed by atoms with van der Waals surface area (Å²) in [5.74, 6) is 1.91. The summed E-state index contributed by atoms with van der Waals surface area (Å²) in [5, 5.41) is 0.354. The molecule has 6 heteroatoms. The molecule has 0 N–H and O–H groups in total. The fourth-order valence-corrected chi connectivity index (χ4v) is 2.01. The lowest BCUT2D eigenvalue weighted by Crippen LogP contribution is -2.00. The number of nitrogens with zero attached hydrogens (tertiary/aromatic N) is 2. The summed E-state index contributed by atoms with van der Waals surface area (Å²) in [6, 6.07) is 7.16. The Morgan fingerprint density at radius 2 is 1.85 bits per heavy atom. The molecule has 0 saturated carbocycles. The van der Waals surface area contributed by atoms with Crippen molar-refractivity contribution in [3.8, 4) is 22.8 Å². The highest BCUT2D eigenvalue weighted by molar-refractivity contribution is 6.29. The Bertz CT molecular complexity index is 605. The molecule has 0 atom stereocenters. The Kier molecular flexibility index (Phi) is 4.76. The smallest absolute Gasteiger partial charge is 0.156 e. The number of benzene rings is 1. The van der Waals surface area contributed by atoms with Crippen molar-refractivity contribution in [1.82, 2.24) is 9.97 Å². The lowest BCUT2D eigenvalue weighted by molar-refractivity contribution is 0.178. The molecule has 0 amide bonds. The Balaban J connectivity index is 2.54. The van der Waals surface area contributed by atoms with E-state index >= 15 is 0 Å². The topological polar surface area (TPSA) is 53.5 Å². The van der Waals surface area contributed by atoms with Gasteiger partial charge >= 0.3 is 0 Å². The standard InChI is InChI=1S/C14H15ClN2O3/c1-18-8-14-16-11(7-13(15)17-14)10-6-9(19-2)4-5-12(10)20-3/h4-7H,8H2,1-3H3. The van der Waals surface area contributed by atoms with E-state index in [0.29, 0.717) is 34.8 Å². The average molecular weight is 295 g/mol. The number of halogens is 1. The molecular formula is C14H15ClN2O3. The molecule has 0 bridgehead atoms. The van der Waals surface area contributed by atoms with E-state index in [1.807, 2.05) is 18.2 Å². The third-order valence-electron chi connectivity index (χ3n) is 2.70. The van der Waals surface area contributed by atoms with E-state index in [4.69, 9.17) is 25.8 Å². The summed E-state index contributed by atoms with van der Waals surface area (Å²) < 4.78 is 15.6. The summed E-state index contributed by atoms with van der Waals surface area (Å²) in [7, 11) is 4.79. The van der Waals surface area contributed by atoms with Gasteiger partial charge in [0.15, 0.2) is 5.82 Å². The van der Waals surface area contributed by atoms with E-state index in [0.717, 1.165) is 5.56 Å². The second-order valence-corrected chi connectivity index (χ2v) is 4.38. The third-order valence-corrected chi connectivity index (χ3v) is 2.89. The minimum atomic E-state index is 0.292. The molecule has 0 aliphatic carbocycles. The monoisotopic (exact) mass is 294 g/mol. The van der Waals surface area contributed by atoms with Crippen LogP contribution in [0, 0.1) is 0 Å². The molecule has 0 aliphatic heterocycles. The molecule has 0 unspecified atom stereocenters. The van der Waals surface area contributed by atoms with Crippen LogP contribution in [-0.4, -0.2) is 31.3 Å². The SMILES string of the molecule is COCc1nc(Cl)cc(-c2cc(OC)ccc2OC)n1. The number of rotatable bonds is 5. The van der Waals surface area contributed by atoms with Gasteiger partial charge in [0.25, 0.3) is 0 Å². The first-order valence-corrected chi connectivity index (χ1v) is 6.30. The molecule has 2 rings (SSSR count). The van der Waals surface area contributed by atoms with E-state index in [-0.39, 0.29) is 0 Å². The van der Waals surface area contributed by atoms with Crippen LogP contribution in [0.25, 0.3) is 11.3 Å². The van der Waals surface area contributed by atoms with Gasteiger partial charge in [-0.2, -0.15) is 0 Å². The van der Waals surface area contributed by atoms with E-state index in [1.165, 1.54) is 0 Å². The molecular weight excluding hydrogens is 280 g/mol. The van der Waals surface area contributed by atoms with Crippen molar-refractivity contribution in [2.45, 2.75) is 6.61 Å². The summed E-state index contributed by atoms with van der Waals surface area (Å²) in [5.41, 5.74) is 1.45. The second-order valence-electron chi connectivity index (χ2n) is 3.99. The normalized spacial score (nSPS) is 10.4. The van der Waals surface area contributed by atoms with Crippen molar-refractivity contribution in [1.29, 1.82) is 0 Å². The quantitative estimate of drug-likeness (QED) is 0.794. The van der Waals surface area contributed by atoms with Gasteiger partial charge in [-0.25, -0.2) is 9.97 Å². The summed E-state index contributed by atoms with van der Waals surface area (Å²) in [6.07, 6.45) is 0. The van der Waals surface area contributed by atoms with Gasteiger partial charge in [-0.15, -0.1) is 0 Å². The highest BCUT2D eigenvalue weighted by Crippen LogP contribution is 2.33. The minimum Gasteiger partial charge on any atom is -0.497 e. The van der Waals surface area contributed by atoms with Crippen LogP contribution in [-0.2, 0) is 11.3 Å². The van der Waals surface area contributed by atoms with Gasteiger partial charge in [0.1, 0.15) is 23.3 Å². The Hall–Kier alpha value is -1.85. The number of hydrogen-bond acceptors (Lipinski definition) is 5. The van der Waals surface area contributed by atoms with Crippen LogP contribution < -0.4 is 9.47 Å². The maximum atomic E-state index is 6.03. The van der Waals surface area contributed by atoms with Gasteiger partial charge < -0.3 is 14.2 Å². The molecule has 0 aliphatic rings. The van der Waals surface area contributed by atoms with Gasteiger partial charge in [-0.05, 0) is 18.2 Å². The third kappa shape index (κ3) is 3.18. The van der Waals surface area contributed by atoms with Gasteiger partial charge in [0, 0.05) is 18.7 Å². The number of hydrogen-bond donors (Lipinski definition) is 0. The first kappa shape index (κ1) is 14.6. The molecule has 106 valence electrons. The number of aromatic nitrogens is 2. The van der Waals surface area contributed by atoms with Crippen molar-refractivity contribution in [2.75, 3.05) is 21.3 Å². The van der Waals surface area contributed by atoms with Gasteiger partial charge in [-0.1, -0.05) is 11.6 Å². The summed E-state index contributed by atoms with van der Waals surface area (Å²) >= 11 is 6.03. The van der Waals surface area contributed by atoms with E-state index in [1.54, 1.807) is 27.4 Å². The van der Waals surface area contributed by atoms with Gasteiger partial charge in [-0.3, -0.25) is 0 Å². The number of methoxy groups -OCH3 is 3. The Labute approximate surface area is 122 Å². The molecule has 1 heterocycles. The van der Waals surface area contributed by atoms with Gasteiger partial charge in [0.05, 0.1) is 19.9 Å². The summed E-state index contributed by atoms with van der Waals surface area (Å²) in [6.45, 7) is 0.292. The van der Waals surface area contributed by atoms with E-state index in [2.05, 4.69) is 9.97 Å². The van der Waals surface area contributed by atoms with Crippen LogP contribution in [0.15, 0.2) is 24.3 Å². The van der Waals surface area contributed by atoms with Crippen molar-refractivity contribution in [3.63, 3.8) is 0 Å². The lowest BCUT2D eigenvalue weighted by Gasteiger charge is -2.11. The maximum Gasteiger partial charge on any atom is 0.156 e. The molecule has 2 aromatic rings. The lowest BCUT2D eigenvalue weighted by atomic mass is 10.1. The Morgan fingerprint density at radius 1 is 1.05 bits per heavy atom. The fraction of sp³-hybridized carbons (Fsp3) is 0.286. The first-order chi connectivity index (χ1) is 9.67. The van der Waals surface area contributed by atoms with Crippen LogP contribution in [0.1, 0.15) is 5.82 Å². The van der Waals surface area contributed by atoms with E-state index < -0.39 is 0 Å². The van der Waals surface area contributed by atoms with Crippen molar-refractivity contribution in [2.24, 2.45) is 0 Å². The number of ether oxygens (including phenoxy) is 3. The molecule has 0 radical (unpaired) electrons. The molecule has 0 fully saturated rings. The zero-order valence-corrected chi connectivity index (χ0v) is 12.3. The van der Waals surface area contributed by atoms with Crippen molar-refractivity contribution < 1.29 is 14.2 Å². The van der Waals surface area contributed by atoms with Crippen LogP contribution >= 0.6 is 11.6 Å². The fourth-order valence-electron chi connectivity index (χ4n) is 1.81. The zero-order chi connectivity index (χ0) is 14.5. The highest BCUT2D eigenvalue weighted by atomic mass is 35.5. The van der Waals surface area contributed by atoms with Crippen LogP contribution in [0.4, 0.5) is 0 Å². The van der Waals surface area contributed by atoms with Crippen LogP contribution in [0.2, 0.25) is 5.15 Å². The van der Waals surface area contributed by atoms with Crippen LogP contribution in [0.3, 0.4) is 0 Å². The zero-order valence-electron chi connectivity index (χ0n) is 11.5. The summed E-state index contributed by atoms with van der Waals surface area (Å²) in [4.78, 5) is 8.53. The predicted octanol–water partition coefficient (Wildman–Crippen LogP) is 2.96. The molecule has 20 heavy (non-hydrogen) atoms. The minimum absolute atomic E-state index is 0.292. The van der Waals surface area contributed by atoms with Gasteiger partial charge in [0.2, 0.25) is 0 Å². The first-order valence-electron chi connectivity index (χ1n) is 5.92. The van der Waals surface area contributed by atoms with Crippen molar-refractivity contribution in [3.05, 3.63) is 35.2 Å². The Morgan fingerprint density at radius 3 is 2.50 bits per heavy atom. The van der Waals surface area contributed by atoms with Crippen molar-refractivity contribution >= 4 is 11.6 Å². The highest BCUT2D eigenvalue weighted by Gasteiger charge is 2.12. The molecule has 0 saturated heterocycles. The second kappa shape index (κ2) is 6.54. The van der Waals surface area contributed by atoms with E-state index in [9.17, 15) is 0 Å². The van der Waals surface area contributed by atoms with Crippen LogP contribution in [0.5, 0.6) is 11.5 Å². The largest absolute Gasteiger partial charge is 0.497 e. The maximum absolute atomic E-state index is 6.03. The molecule has 5 nitrogen and oxygen atoms in total. The molecule has 0 spiro atoms. The molecule has 1 aromatic heterocycles. The predicted molar refractivity (Wildman–Crippen MR) is 76.3 cm³/mol. The average Bonchev–Trinajstić information content (AvgIpc) is 2.46.